The van der Waals surface area contributed by atoms with Crippen LogP contribution in [0.1, 0.15) is 0 Å². The van der Waals surface area contributed by atoms with Crippen molar-refractivity contribution >= 4 is 24.2 Å². The van der Waals surface area contributed by atoms with Gasteiger partial charge in [0.15, 0.2) is 0 Å². The summed E-state index contributed by atoms with van der Waals surface area (Å²) in [6, 6.07) is 27.9. The third-order valence-corrected chi connectivity index (χ3v) is 8.07. The van der Waals surface area contributed by atoms with Crippen LogP contribution in [0.4, 0.5) is 4.39 Å². The summed E-state index contributed by atoms with van der Waals surface area (Å²) in [6.45, 7) is 7.10. The lowest BCUT2D eigenvalue weighted by Crippen LogP contribution is -2.37. The lowest BCUT2D eigenvalue weighted by Gasteiger charge is -2.16. The highest BCUT2D eigenvalue weighted by Crippen LogP contribution is 2.28. The van der Waals surface area contributed by atoms with Gasteiger partial charge in [0.1, 0.15) is 5.82 Å². The standard InChI is InChI=1S/C29H25FN2Si/c1-33(2,3)27-13-8-20(9-14-27)22-4-5-23-16-25(19-32-29(23)17-22)24-10-15-28(31-18-24)21-6-11-26(30)12-7-21/h4-19H,1-3H3. The topological polar surface area (TPSA) is 25.8 Å². The van der Waals surface area contributed by atoms with Gasteiger partial charge in [-0.25, -0.2) is 4.39 Å². The molecule has 0 bridgehead atoms. The molecule has 0 spiro atoms. The number of halogens is 1. The highest BCUT2D eigenvalue weighted by atomic mass is 28.3. The molecule has 0 fully saturated rings. The number of rotatable bonds is 4. The molecule has 5 rings (SSSR count). The summed E-state index contributed by atoms with van der Waals surface area (Å²) in [6.07, 6.45) is 3.74. The fourth-order valence-corrected chi connectivity index (χ4v) is 5.14. The maximum atomic E-state index is 13.2. The molecule has 2 nitrogen and oxygen atoms in total. The zero-order chi connectivity index (χ0) is 23.0. The van der Waals surface area contributed by atoms with Crippen molar-refractivity contribution in [3.05, 3.63) is 103 Å². The largest absolute Gasteiger partial charge is 0.256 e. The van der Waals surface area contributed by atoms with Crippen molar-refractivity contribution in [3.8, 4) is 33.5 Å². The Morgan fingerprint density at radius 3 is 1.88 bits per heavy atom. The van der Waals surface area contributed by atoms with Crippen molar-refractivity contribution in [2.45, 2.75) is 19.6 Å². The molecule has 0 saturated carbocycles. The van der Waals surface area contributed by atoms with Crippen LogP contribution in [0.15, 0.2) is 97.3 Å². The van der Waals surface area contributed by atoms with E-state index >= 15 is 0 Å². The number of aromatic nitrogens is 2. The molecule has 0 radical (unpaired) electrons. The van der Waals surface area contributed by atoms with Crippen molar-refractivity contribution in [1.82, 2.24) is 9.97 Å². The minimum Gasteiger partial charge on any atom is -0.256 e. The molecule has 0 aliphatic rings. The van der Waals surface area contributed by atoms with E-state index in [1.807, 2.05) is 24.5 Å². The van der Waals surface area contributed by atoms with E-state index in [0.29, 0.717) is 0 Å². The van der Waals surface area contributed by atoms with Gasteiger partial charge in [0.2, 0.25) is 0 Å². The Labute approximate surface area is 194 Å². The first-order valence-corrected chi connectivity index (χ1v) is 14.6. The Morgan fingerprint density at radius 2 is 1.21 bits per heavy atom. The zero-order valence-electron chi connectivity index (χ0n) is 19.0. The molecule has 0 N–H and O–H groups in total. The van der Waals surface area contributed by atoms with Gasteiger partial charge in [-0.1, -0.05) is 67.3 Å². The fraction of sp³-hybridized carbons (Fsp3) is 0.103. The maximum Gasteiger partial charge on any atom is 0.123 e. The molecule has 3 aromatic carbocycles. The second-order valence-electron chi connectivity index (χ2n) is 9.40. The summed E-state index contributed by atoms with van der Waals surface area (Å²) in [5.41, 5.74) is 7.10. The highest BCUT2D eigenvalue weighted by molar-refractivity contribution is 6.88. The van der Waals surface area contributed by atoms with Gasteiger partial charge in [-0.05, 0) is 53.6 Å². The van der Waals surface area contributed by atoms with Crippen LogP contribution in [0.5, 0.6) is 0 Å². The monoisotopic (exact) mass is 448 g/mol. The third kappa shape index (κ3) is 4.48. The van der Waals surface area contributed by atoms with E-state index in [0.717, 1.165) is 33.3 Å². The van der Waals surface area contributed by atoms with Crippen molar-refractivity contribution < 1.29 is 4.39 Å². The summed E-state index contributed by atoms with van der Waals surface area (Å²) in [5, 5.41) is 2.56. The first-order valence-electron chi connectivity index (χ1n) is 11.1. The molecule has 0 unspecified atom stereocenters. The molecule has 4 heteroatoms. The number of fused-ring (bicyclic) bond motifs is 1. The van der Waals surface area contributed by atoms with Gasteiger partial charge in [0.25, 0.3) is 0 Å². The number of hydrogen-bond acceptors (Lipinski definition) is 2. The summed E-state index contributed by atoms with van der Waals surface area (Å²) in [5.74, 6) is -0.246. The van der Waals surface area contributed by atoms with Crippen LogP contribution in [0.3, 0.4) is 0 Å². The molecule has 2 heterocycles. The second kappa shape index (κ2) is 8.37. The van der Waals surface area contributed by atoms with Gasteiger partial charge in [-0.15, -0.1) is 0 Å². The molecule has 2 aromatic heterocycles. The molecule has 33 heavy (non-hydrogen) atoms. The maximum absolute atomic E-state index is 13.2. The van der Waals surface area contributed by atoms with Crippen LogP contribution in [0.25, 0.3) is 44.4 Å². The van der Waals surface area contributed by atoms with Crippen molar-refractivity contribution in [2.24, 2.45) is 0 Å². The zero-order valence-corrected chi connectivity index (χ0v) is 20.0. The predicted molar refractivity (Wildman–Crippen MR) is 139 cm³/mol. The van der Waals surface area contributed by atoms with Crippen molar-refractivity contribution in [3.63, 3.8) is 0 Å². The highest BCUT2D eigenvalue weighted by Gasteiger charge is 2.15. The first-order chi connectivity index (χ1) is 15.9. The van der Waals surface area contributed by atoms with Crippen LogP contribution in [0.2, 0.25) is 19.6 Å². The summed E-state index contributed by atoms with van der Waals surface area (Å²) >= 11 is 0. The molecule has 5 aromatic rings. The number of nitrogens with zero attached hydrogens (tertiary/aromatic N) is 2. The van der Waals surface area contributed by atoms with Gasteiger partial charge < -0.3 is 0 Å². The van der Waals surface area contributed by atoms with Crippen LogP contribution < -0.4 is 5.19 Å². The van der Waals surface area contributed by atoms with Crippen LogP contribution in [0, 0.1) is 5.82 Å². The fourth-order valence-electron chi connectivity index (χ4n) is 3.98. The van der Waals surface area contributed by atoms with E-state index in [9.17, 15) is 4.39 Å². The molecule has 0 aliphatic carbocycles. The summed E-state index contributed by atoms with van der Waals surface area (Å²) in [7, 11) is -1.30. The average Bonchev–Trinajstić information content (AvgIpc) is 2.83. The quantitative estimate of drug-likeness (QED) is 0.269. The van der Waals surface area contributed by atoms with Crippen molar-refractivity contribution in [2.75, 3.05) is 0 Å². The second-order valence-corrected chi connectivity index (χ2v) is 14.5. The molecule has 0 saturated heterocycles. The number of pyridine rings is 2. The SMILES string of the molecule is C[Si](C)(C)c1ccc(-c2ccc3cc(-c4ccc(-c5ccc(F)cc5)nc4)cnc3c2)cc1. The van der Waals surface area contributed by atoms with E-state index < -0.39 is 8.07 Å². The molecule has 0 aliphatic heterocycles. The minimum absolute atomic E-state index is 0.246. The molecular weight excluding hydrogens is 423 g/mol. The molecule has 162 valence electrons. The Bertz CT molecular complexity index is 1420. The van der Waals surface area contributed by atoms with Crippen LogP contribution >= 0.6 is 0 Å². The smallest absolute Gasteiger partial charge is 0.123 e. The molecular formula is C29H25FN2Si. The first kappa shape index (κ1) is 21.2. The minimum atomic E-state index is -1.30. The van der Waals surface area contributed by atoms with E-state index in [-0.39, 0.29) is 5.82 Å². The predicted octanol–water partition coefficient (Wildman–Crippen LogP) is 7.32. The van der Waals surface area contributed by atoms with E-state index in [1.165, 1.54) is 28.4 Å². The normalized spacial score (nSPS) is 11.6. The van der Waals surface area contributed by atoms with E-state index in [4.69, 9.17) is 4.98 Å². The Morgan fingerprint density at radius 1 is 0.576 bits per heavy atom. The molecule has 0 atom stereocenters. The average molecular weight is 449 g/mol. The van der Waals surface area contributed by atoms with Crippen molar-refractivity contribution in [1.29, 1.82) is 0 Å². The Balaban J connectivity index is 1.41. The number of benzene rings is 3. The van der Waals surface area contributed by atoms with Gasteiger partial charge in [0, 0.05) is 34.5 Å². The van der Waals surface area contributed by atoms with Gasteiger partial charge >= 0.3 is 0 Å². The van der Waals surface area contributed by atoms with Crippen LogP contribution in [-0.4, -0.2) is 18.0 Å². The summed E-state index contributed by atoms with van der Waals surface area (Å²) in [4.78, 5) is 9.29. The third-order valence-electron chi connectivity index (χ3n) is 6.01. The molecule has 0 amide bonds. The van der Waals surface area contributed by atoms with Crippen LogP contribution in [-0.2, 0) is 0 Å². The van der Waals surface area contributed by atoms with Gasteiger partial charge in [-0.2, -0.15) is 0 Å². The Hall–Kier alpha value is -3.63. The van der Waals surface area contributed by atoms with E-state index in [2.05, 4.69) is 73.2 Å². The lowest BCUT2D eigenvalue weighted by atomic mass is 10.0. The van der Waals surface area contributed by atoms with Gasteiger partial charge in [0.05, 0.1) is 19.3 Å². The lowest BCUT2D eigenvalue weighted by molar-refractivity contribution is 0.628. The Kier molecular flexibility index (Phi) is 5.39. The number of hydrogen-bond donors (Lipinski definition) is 0. The summed E-state index contributed by atoms with van der Waals surface area (Å²) < 4.78 is 13.2. The van der Waals surface area contributed by atoms with E-state index in [1.54, 1.807) is 12.1 Å². The van der Waals surface area contributed by atoms with Gasteiger partial charge in [-0.3, -0.25) is 9.97 Å².